The van der Waals surface area contributed by atoms with E-state index >= 15 is 0 Å². The number of fused-ring (bicyclic) bond motifs is 1. The van der Waals surface area contributed by atoms with Gasteiger partial charge in [0, 0.05) is 32.4 Å². The summed E-state index contributed by atoms with van der Waals surface area (Å²) in [6.07, 6.45) is 1.75. The van der Waals surface area contributed by atoms with E-state index in [2.05, 4.69) is 32.3 Å². The maximum absolute atomic E-state index is 13.8. The molecule has 4 aromatic rings. The fraction of sp³-hybridized carbons (Fsp3) is 0.143. The zero-order chi connectivity index (χ0) is 19.0. The molecule has 0 saturated heterocycles. The molecule has 2 heterocycles. The molecule has 0 radical (unpaired) electrons. The van der Waals surface area contributed by atoms with Gasteiger partial charge in [-0.1, -0.05) is 18.2 Å². The van der Waals surface area contributed by atoms with Gasteiger partial charge in [0.25, 0.3) is 0 Å². The minimum atomic E-state index is -0.287. The fourth-order valence-electron chi connectivity index (χ4n) is 3.11. The van der Waals surface area contributed by atoms with E-state index in [1.165, 1.54) is 12.1 Å². The second-order valence-electron chi connectivity index (χ2n) is 6.50. The van der Waals surface area contributed by atoms with E-state index < -0.39 is 0 Å². The molecule has 0 aliphatic rings. The van der Waals surface area contributed by atoms with Gasteiger partial charge < -0.3 is 10.2 Å². The maximum atomic E-state index is 13.8. The number of benzene rings is 2. The van der Waals surface area contributed by atoms with E-state index in [-0.39, 0.29) is 5.82 Å². The van der Waals surface area contributed by atoms with Gasteiger partial charge in [-0.05, 0) is 36.4 Å². The highest BCUT2D eigenvalue weighted by molar-refractivity contribution is 5.84. The normalized spacial score (nSPS) is 11.0. The lowest BCUT2D eigenvalue weighted by Crippen LogP contribution is -2.07. The summed E-state index contributed by atoms with van der Waals surface area (Å²) < 4.78 is 15.7. The molecule has 0 aliphatic heterocycles. The molecule has 4 rings (SSSR count). The second-order valence-corrected chi connectivity index (χ2v) is 6.50. The Labute approximate surface area is 157 Å². The predicted molar refractivity (Wildman–Crippen MR) is 108 cm³/mol. The van der Waals surface area contributed by atoms with Crippen molar-refractivity contribution in [3.8, 4) is 16.9 Å². The summed E-state index contributed by atoms with van der Waals surface area (Å²) >= 11 is 0. The molecule has 5 nitrogen and oxygen atoms in total. The summed E-state index contributed by atoms with van der Waals surface area (Å²) in [5, 5.41) is 3.08. The third kappa shape index (κ3) is 3.10. The third-order valence-corrected chi connectivity index (χ3v) is 4.51. The number of aromatic nitrogens is 3. The Morgan fingerprint density at radius 3 is 2.48 bits per heavy atom. The standard InChI is InChI=1S/C21H20FN5/c1-23-21-25-19-13-24-18(14-7-9-16(10-8-14)26(2)3)12-20(19)27(21)17-6-4-5-15(22)11-17/h4-13H,1-3H3,(H,23,25). The van der Waals surface area contributed by atoms with Crippen LogP contribution in [0, 0.1) is 5.82 Å². The van der Waals surface area contributed by atoms with Crippen LogP contribution in [0.2, 0.25) is 0 Å². The first-order valence-electron chi connectivity index (χ1n) is 8.67. The average molecular weight is 361 g/mol. The number of nitrogens with zero attached hydrogens (tertiary/aromatic N) is 4. The first-order valence-corrected chi connectivity index (χ1v) is 8.67. The topological polar surface area (TPSA) is 46.0 Å². The van der Waals surface area contributed by atoms with Crippen molar-refractivity contribution in [1.82, 2.24) is 14.5 Å². The van der Waals surface area contributed by atoms with Gasteiger partial charge in [-0.25, -0.2) is 9.37 Å². The van der Waals surface area contributed by atoms with Crippen LogP contribution in [0.4, 0.5) is 16.0 Å². The molecule has 2 aromatic carbocycles. The van der Waals surface area contributed by atoms with E-state index in [1.54, 1.807) is 19.3 Å². The molecule has 0 atom stereocenters. The van der Waals surface area contributed by atoms with Crippen LogP contribution in [0.3, 0.4) is 0 Å². The summed E-state index contributed by atoms with van der Waals surface area (Å²) in [4.78, 5) is 11.2. The Morgan fingerprint density at radius 2 is 1.81 bits per heavy atom. The summed E-state index contributed by atoms with van der Waals surface area (Å²) in [6.45, 7) is 0. The molecule has 0 fully saturated rings. The molecule has 0 spiro atoms. The van der Waals surface area contributed by atoms with Crippen molar-refractivity contribution in [3.05, 3.63) is 66.6 Å². The zero-order valence-corrected chi connectivity index (χ0v) is 15.4. The highest BCUT2D eigenvalue weighted by atomic mass is 19.1. The number of rotatable bonds is 4. The van der Waals surface area contributed by atoms with Gasteiger partial charge in [0.15, 0.2) is 0 Å². The summed E-state index contributed by atoms with van der Waals surface area (Å²) in [5.74, 6) is 0.350. The summed E-state index contributed by atoms with van der Waals surface area (Å²) in [6, 6.07) is 16.7. The Balaban J connectivity index is 1.87. The fourth-order valence-corrected chi connectivity index (χ4v) is 3.11. The average Bonchev–Trinajstić information content (AvgIpc) is 3.05. The number of imidazole rings is 1. The van der Waals surface area contributed by atoms with Crippen LogP contribution in [0.15, 0.2) is 60.8 Å². The lowest BCUT2D eigenvalue weighted by molar-refractivity contribution is 0.627. The largest absolute Gasteiger partial charge is 0.378 e. The van der Waals surface area contributed by atoms with Crippen LogP contribution in [-0.4, -0.2) is 35.7 Å². The highest BCUT2D eigenvalue weighted by Crippen LogP contribution is 2.28. The Morgan fingerprint density at radius 1 is 1.04 bits per heavy atom. The van der Waals surface area contributed by atoms with Crippen LogP contribution in [-0.2, 0) is 0 Å². The van der Waals surface area contributed by atoms with Gasteiger partial charge in [-0.2, -0.15) is 0 Å². The predicted octanol–water partition coefficient (Wildman–Crippen LogP) is 4.33. The monoisotopic (exact) mass is 361 g/mol. The van der Waals surface area contributed by atoms with Crippen LogP contribution in [0.25, 0.3) is 28.0 Å². The van der Waals surface area contributed by atoms with Gasteiger partial charge in [0.05, 0.1) is 23.1 Å². The molecular weight excluding hydrogens is 341 g/mol. The SMILES string of the molecule is CNc1nc2cnc(-c3ccc(N(C)C)cc3)cc2n1-c1cccc(F)c1. The first-order chi connectivity index (χ1) is 13.1. The van der Waals surface area contributed by atoms with Crippen LogP contribution in [0.1, 0.15) is 0 Å². The third-order valence-electron chi connectivity index (χ3n) is 4.51. The van der Waals surface area contributed by atoms with Crippen molar-refractivity contribution >= 4 is 22.7 Å². The molecule has 0 bridgehead atoms. The summed E-state index contributed by atoms with van der Waals surface area (Å²) in [7, 11) is 5.82. The van der Waals surface area contributed by atoms with Gasteiger partial charge in [-0.3, -0.25) is 9.55 Å². The molecule has 1 N–H and O–H groups in total. The number of hydrogen-bond donors (Lipinski definition) is 1. The molecule has 0 saturated carbocycles. The number of nitrogens with one attached hydrogen (secondary N) is 1. The van der Waals surface area contributed by atoms with E-state index in [9.17, 15) is 4.39 Å². The first kappa shape index (κ1) is 17.0. The van der Waals surface area contributed by atoms with Gasteiger partial charge in [0.2, 0.25) is 5.95 Å². The Hall–Kier alpha value is -3.41. The zero-order valence-electron chi connectivity index (χ0n) is 15.4. The maximum Gasteiger partial charge on any atom is 0.208 e. The van der Waals surface area contributed by atoms with Crippen molar-refractivity contribution < 1.29 is 4.39 Å². The van der Waals surface area contributed by atoms with E-state index in [0.717, 1.165) is 28.0 Å². The van der Waals surface area contributed by atoms with Crippen molar-refractivity contribution in [2.75, 3.05) is 31.4 Å². The lowest BCUT2D eigenvalue weighted by atomic mass is 10.1. The molecule has 6 heteroatoms. The molecule has 27 heavy (non-hydrogen) atoms. The van der Waals surface area contributed by atoms with E-state index in [1.807, 2.05) is 42.9 Å². The van der Waals surface area contributed by atoms with Crippen LogP contribution in [0.5, 0.6) is 0 Å². The van der Waals surface area contributed by atoms with E-state index in [4.69, 9.17) is 0 Å². The number of halogens is 1. The quantitative estimate of drug-likeness (QED) is 0.588. The minimum Gasteiger partial charge on any atom is -0.378 e. The molecule has 0 amide bonds. The van der Waals surface area contributed by atoms with Crippen molar-refractivity contribution in [2.24, 2.45) is 0 Å². The highest BCUT2D eigenvalue weighted by Gasteiger charge is 2.14. The van der Waals surface area contributed by atoms with Gasteiger partial charge >= 0.3 is 0 Å². The van der Waals surface area contributed by atoms with Crippen molar-refractivity contribution in [1.29, 1.82) is 0 Å². The Bertz CT molecular complexity index is 1100. The second kappa shape index (κ2) is 6.72. The number of pyridine rings is 1. The Kier molecular flexibility index (Phi) is 4.24. The summed E-state index contributed by atoms with van der Waals surface area (Å²) in [5.41, 5.74) is 5.31. The van der Waals surface area contributed by atoms with Gasteiger partial charge in [0.1, 0.15) is 11.3 Å². The molecule has 0 aliphatic carbocycles. The van der Waals surface area contributed by atoms with E-state index in [0.29, 0.717) is 11.6 Å². The van der Waals surface area contributed by atoms with Gasteiger partial charge in [-0.15, -0.1) is 0 Å². The number of anilines is 2. The number of hydrogen-bond acceptors (Lipinski definition) is 4. The smallest absolute Gasteiger partial charge is 0.208 e. The molecule has 136 valence electrons. The van der Waals surface area contributed by atoms with Crippen molar-refractivity contribution in [2.45, 2.75) is 0 Å². The molecule has 2 aromatic heterocycles. The molecular formula is C21H20FN5. The molecule has 0 unspecified atom stereocenters. The van der Waals surface area contributed by atoms with Crippen LogP contribution >= 0.6 is 0 Å². The minimum absolute atomic E-state index is 0.287. The van der Waals surface area contributed by atoms with Crippen molar-refractivity contribution in [3.63, 3.8) is 0 Å². The van der Waals surface area contributed by atoms with Crippen LogP contribution < -0.4 is 10.2 Å². The lowest BCUT2D eigenvalue weighted by Gasteiger charge is -2.12.